The van der Waals surface area contributed by atoms with Gasteiger partial charge in [0, 0.05) is 43.0 Å². The van der Waals surface area contributed by atoms with Gasteiger partial charge in [0.1, 0.15) is 11.6 Å². The fraction of sp³-hybridized carbons (Fsp3) is 0.450. The molecule has 1 atom stereocenters. The number of morpholine rings is 1. The van der Waals surface area contributed by atoms with Crippen molar-refractivity contribution in [2.45, 2.75) is 18.9 Å². The maximum atomic E-state index is 5.87. The summed E-state index contributed by atoms with van der Waals surface area (Å²) in [7, 11) is 0. The van der Waals surface area contributed by atoms with E-state index in [9.17, 15) is 0 Å². The molecule has 0 saturated carbocycles. The van der Waals surface area contributed by atoms with E-state index >= 15 is 0 Å². The molecule has 2 fully saturated rings. The molecule has 2 aliphatic rings. The molecule has 3 aromatic rings. The third-order valence-corrected chi connectivity index (χ3v) is 5.55. The van der Waals surface area contributed by atoms with Crippen LogP contribution < -0.4 is 21.3 Å². The zero-order valence-corrected chi connectivity index (χ0v) is 16.3. The van der Waals surface area contributed by atoms with E-state index in [1.54, 1.807) is 4.52 Å². The number of nitrogens with two attached hydrogens (primary N) is 1. The molecule has 9 nitrogen and oxygen atoms in total. The SMILES string of the molecule is Nc1nc2ccc(-c3ccc(N4CCOCC4)nc3)c(NC3CCCNC3)n2n1. The molecular formula is C20H26N8O. The molecule has 9 heteroatoms. The van der Waals surface area contributed by atoms with Crippen LogP contribution in [0.15, 0.2) is 30.5 Å². The van der Waals surface area contributed by atoms with Crippen molar-refractivity contribution in [3.63, 3.8) is 0 Å². The number of nitrogen functional groups attached to an aromatic ring is 1. The van der Waals surface area contributed by atoms with Crippen molar-refractivity contribution in [2.24, 2.45) is 0 Å². The van der Waals surface area contributed by atoms with E-state index in [-0.39, 0.29) is 5.95 Å². The van der Waals surface area contributed by atoms with Gasteiger partial charge >= 0.3 is 0 Å². The lowest BCUT2D eigenvalue weighted by Crippen LogP contribution is -2.39. The third kappa shape index (κ3) is 3.70. The van der Waals surface area contributed by atoms with Crippen molar-refractivity contribution in [2.75, 3.05) is 55.3 Å². The van der Waals surface area contributed by atoms with Crippen molar-refractivity contribution in [3.8, 4) is 11.1 Å². The molecule has 0 aromatic carbocycles. The molecule has 152 valence electrons. The fourth-order valence-corrected chi connectivity index (χ4v) is 4.03. The molecule has 2 saturated heterocycles. The Morgan fingerprint density at radius 2 is 2.07 bits per heavy atom. The number of ether oxygens (including phenoxy) is 1. The zero-order valence-electron chi connectivity index (χ0n) is 16.3. The summed E-state index contributed by atoms with van der Waals surface area (Å²) in [5.74, 6) is 2.16. The van der Waals surface area contributed by atoms with Crippen molar-refractivity contribution in [1.29, 1.82) is 0 Å². The Morgan fingerprint density at radius 1 is 1.17 bits per heavy atom. The molecule has 0 amide bonds. The maximum Gasteiger partial charge on any atom is 0.240 e. The maximum absolute atomic E-state index is 5.87. The van der Waals surface area contributed by atoms with Crippen molar-refractivity contribution in [1.82, 2.24) is 24.9 Å². The normalized spacial score (nSPS) is 20.1. The highest BCUT2D eigenvalue weighted by atomic mass is 16.5. The average molecular weight is 394 g/mol. The van der Waals surface area contributed by atoms with Gasteiger partial charge in [-0.3, -0.25) is 0 Å². The first-order valence-corrected chi connectivity index (χ1v) is 10.2. The molecule has 3 aromatic heterocycles. The number of rotatable bonds is 4. The molecule has 0 radical (unpaired) electrons. The van der Waals surface area contributed by atoms with Crippen LogP contribution in [0.1, 0.15) is 12.8 Å². The molecule has 5 rings (SSSR count). The first-order chi connectivity index (χ1) is 14.3. The van der Waals surface area contributed by atoms with Gasteiger partial charge in [0.2, 0.25) is 5.95 Å². The molecule has 2 aliphatic heterocycles. The van der Waals surface area contributed by atoms with Gasteiger partial charge in [-0.1, -0.05) is 0 Å². The number of fused-ring (bicyclic) bond motifs is 1. The summed E-state index contributed by atoms with van der Waals surface area (Å²) >= 11 is 0. The van der Waals surface area contributed by atoms with Gasteiger partial charge in [-0.05, 0) is 43.7 Å². The molecule has 0 spiro atoms. The lowest BCUT2D eigenvalue weighted by Gasteiger charge is -2.28. The molecule has 29 heavy (non-hydrogen) atoms. The minimum atomic E-state index is 0.271. The lowest BCUT2D eigenvalue weighted by molar-refractivity contribution is 0.122. The van der Waals surface area contributed by atoms with E-state index in [4.69, 9.17) is 15.5 Å². The number of nitrogens with one attached hydrogen (secondary N) is 2. The molecule has 0 aliphatic carbocycles. The number of anilines is 3. The van der Waals surface area contributed by atoms with Crippen molar-refractivity contribution >= 4 is 23.2 Å². The Kier molecular flexibility index (Phi) is 4.91. The second kappa shape index (κ2) is 7.84. The van der Waals surface area contributed by atoms with Gasteiger partial charge in [0.25, 0.3) is 0 Å². The number of nitrogens with zero attached hydrogens (tertiary/aromatic N) is 5. The van der Waals surface area contributed by atoms with Gasteiger partial charge in [-0.2, -0.15) is 9.50 Å². The number of hydrogen-bond acceptors (Lipinski definition) is 8. The van der Waals surface area contributed by atoms with Crippen LogP contribution in [0.5, 0.6) is 0 Å². The number of piperidine rings is 1. The topological polar surface area (TPSA) is 106 Å². The fourth-order valence-electron chi connectivity index (χ4n) is 4.03. The van der Waals surface area contributed by atoms with E-state index in [0.717, 1.165) is 80.6 Å². The summed E-state index contributed by atoms with van der Waals surface area (Å²) in [6.45, 7) is 5.23. The summed E-state index contributed by atoms with van der Waals surface area (Å²) in [5, 5.41) is 11.5. The summed E-state index contributed by atoms with van der Waals surface area (Å²) in [4.78, 5) is 11.3. The van der Waals surface area contributed by atoms with E-state index in [2.05, 4.69) is 43.8 Å². The van der Waals surface area contributed by atoms with Gasteiger partial charge in [0.05, 0.1) is 13.2 Å². The molecule has 0 bridgehead atoms. The van der Waals surface area contributed by atoms with Gasteiger partial charge in [-0.25, -0.2) is 4.98 Å². The van der Waals surface area contributed by atoms with Crippen LogP contribution in [-0.2, 0) is 4.74 Å². The minimum Gasteiger partial charge on any atom is -0.378 e. The molecule has 1 unspecified atom stereocenters. The summed E-state index contributed by atoms with van der Waals surface area (Å²) in [5.41, 5.74) is 8.67. The standard InChI is InChI=1S/C20H26N8O/c21-20-25-18-6-4-16(19(28(18)26-20)24-15-2-1-7-22-13-15)14-3-5-17(23-12-14)27-8-10-29-11-9-27/h3-6,12,15,22,24H,1-2,7-11,13H2,(H2,21,26). The quantitative estimate of drug-likeness (QED) is 0.609. The first kappa shape index (κ1) is 18.1. The Bertz CT molecular complexity index is 974. The summed E-state index contributed by atoms with van der Waals surface area (Å²) < 4.78 is 7.24. The highest BCUT2D eigenvalue weighted by Crippen LogP contribution is 2.30. The smallest absolute Gasteiger partial charge is 0.240 e. The van der Waals surface area contributed by atoms with E-state index in [1.807, 2.05) is 12.3 Å². The highest BCUT2D eigenvalue weighted by Gasteiger charge is 2.19. The number of pyridine rings is 2. The predicted octanol–water partition coefficient (Wildman–Crippen LogP) is 1.37. The van der Waals surface area contributed by atoms with Gasteiger partial charge in [0.15, 0.2) is 5.65 Å². The van der Waals surface area contributed by atoms with Gasteiger partial charge < -0.3 is 26.0 Å². The number of aromatic nitrogens is 4. The molecule has 4 N–H and O–H groups in total. The second-order valence-corrected chi connectivity index (χ2v) is 7.53. The summed E-state index contributed by atoms with van der Waals surface area (Å²) in [6.07, 6.45) is 4.19. The van der Waals surface area contributed by atoms with Crippen molar-refractivity contribution in [3.05, 3.63) is 30.5 Å². The highest BCUT2D eigenvalue weighted by molar-refractivity contribution is 5.78. The van der Waals surface area contributed by atoms with Crippen LogP contribution in [0, 0.1) is 0 Å². The largest absolute Gasteiger partial charge is 0.378 e. The zero-order chi connectivity index (χ0) is 19.6. The van der Waals surface area contributed by atoms with E-state index in [0.29, 0.717) is 6.04 Å². The van der Waals surface area contributed by atoms with E-state index < -0.39 is 0 Å². The van der Waals surface area contributed by atoms with E-state index in [1.165, 1.54) is 0 Å². The van der Waals surface area contributed by atoms with Crippen LogP contribution in [0.3, 0.4) is 0 Å². The Hall–Kier alpha value is -2.91. The van der Waals surface area contributed by atoms with Crippen LogP contribution in [0.4, 0.5) is 17.6 Å². The van der Waals surface area contributed by atoms with Crippen LogP contribution in [0.2, 0.25) is 0 Å². The Labute approximate surface area is 169 Å². The molecular weight excluding hydrogens is 368 g/mol. The third-order valence-electron chi connectivity index (χ3n) is 5.55. The molecule has 5 heterocycles. The van der Waals surface area contributed by atoms with Crippen LogP contribution >= 0.6 is 0 Å². The first-order valence-electron chi connectivity index (χ1n) is 10.2. The van der Waals surface area contributed by atoms with Crippen LogP contribution in [-0.4, -0.2) is 65.0 Å². The summed E-state index contributed by atoms with van der Waals surface area (Å²) in [6, 6.07) is 8.53. The van der Waals surface area contributed by atoms with Gasteiger partial charge in [-0.15, -0.1) is 5.10 Å². The number of hydrogen-bond donors (Lipinski definition) is 3. The Balaban J connectivity index is 1.50. The second-order valence-electron chi connectivity index (χ2n) is 7.53. The minimum absolute atomic E-state index is 0.271. The van der Waals surface area contributed by atoms with Crippen molar-refractivity contribution < 1.29 is 4.74 Å². The Morgan fingerprint density at radius 3 is 2.83 bits per heavy atom. The average Bonchev–Trinajstić information content (AvgIpc) is 3.16. The lowest BCUT2D eigenvalue weighted by atomic mass is 10.1. The van der Waals surface area contributed by atoms with Crippen LogP contribution in [0.25, 0.3) is 16.8 Å². The monoisotopic (exact) mass is 394 g/mol. The predicted molar refractivity (Wildman–Crippen MR) is 113 cm³/mol.